The van der Waals surface area contributed by atoms with Crippen LogP contribution in [-0.4, -0.2) is 23.3 Å². The quantitative estimate of drug-likeness (QED) is 0.287. The summed E-state index contributed by atoms with van der Waals surface area (Å²) in [6.45, 7) is 4.51. The SMILES string of the molecule is CC(C)C(=O)N1CCc2ccc(OCc3ccc(C(=O)NCc4cccc(F)c4)o3)cc2C1c1cccc(F)c1. The van der Waals surface area contributed by atoms with E-state index in [0.29, 0.717) is 35.6 Å². The number of nitrogens with zero attached hydrogens (tertiary/aromatic N) is 1. The summed E-state index contributed by atoms with van der Waals surface area (Å²) < 4.78 is 39.2. The van der Waals surface area contributed by atoms with Crippen molar-refractivity contribution in [1.29, 1.82) is 0 Å². The van der Waals surface area contributed by atoms with E-state index in [1.54, 1.807) is 30.3 Å². The van der Waals surface area contributed by atoms with E-state index in [1.807, 2.05) is 43.0 Å². The van der Waals surface area contributed by atoms with Gasteiger partial charge in [-0.3, -0.25) is 9.59 Å². The third-order valence-electron chi connectivity index (χ3n) is 6.90. The normalized spacial score (nSPS) is 14.6. The van der Waals surface area contributed by atoms with Crippen LogP contribution in [0.4, 0.5) is 8.78 Å². The zero-order valence-corrected chi connectivity index (χ0v) is 22.3. The minimum Gasteiger partial charge on any atom is -0.486 e. The highest BCUT2D eigenvalue weighted by Crippen LogP contribution is 2.38. The molecule has 206 valence electrons. The molecule has 1 aliphatic heterocycles. The van der Waals surface area contributed by atoms with Crippen LogP contribution in [0.25, 0.3) is 0 Å². The first-order valence-electron chi connectivity index (χ1n) is 13.2. The summed E-state index contributed by atoms with van der Waals surface area (Å²) in [4.78, 5) is 27.4. The second-order valence-corrected chi connectivity index (χ2v) is 10.1. The third kappa shape index (κ3) is 6.06. The van der Waals surface area contributed by atoms with Crippen LogP contribution in [0.3, 0.4) is 0 Å². The molecule has 0 radical (unpaired) electrons. The van der Waals surface area contributed by atoms with Gasteiger partial charge in [-0.05, 0) is 77.2 Å². The summed E-state index contributed by atoms with van der Waals surface area (Å²) in [7, 11) is 0. The molecular formula is C32H30F2N2O4. The van der Waals surface area contributed by atoms with Crippen molar-refractivity contribution in [2.24, 2.45) is 5.92 Å². The Morgan fingerprint density at radius 1 is 1.00 bits per heavy atom. The monoisotopic (exact) mass is 544 g/mol. The first-order valence-corrected chi connectivity index (χ1v) is 13.2. The molecule has 1 aromatic heterocycles. The Balaban J connectivity index is 1.30. The van der Waals surface area contributed by atoms with Gasteiger partial charge in [-0.25, -0.2) is 8.78 Å². The maximum atomic E-state index is 14.2. The number of ether oxygens (including phenoxy) is 1. The second kappa shape index (κ2) is 11.7. The van der Waals surface area contributed by atoms with Crippen LogP contribution in [0.15, 0.2) is 83.3 Å². The van der Waals surface area contributed by atoms with E-state index in [0.717, 1.165) is 11.1 Å². The Bertz CT molecular complexity index is 1530. The number of hydrogen-bond donors (Lipinski definition) is 1. The molecule has 0 saturated carbocycles. The lowest BCUT2D eigenvalue weighted by molar-refractivity contribution is -0.136. The lowest BCUT2D eigenvalue weighted by Gasteiger charge is -2.39. The van der Waals surface area contributed by atoms with Gasteiger partial charge in [-0.1, -0.05) is 44.2 Å². The van der Waals surface area contributed by atoms with Crippen molar-refractivity contribution in [2.75, 3.05) is 6.54 Å². The Morgan fingerprint density at radius 2 is 1.77 bits per heavy atom. The van der Waals surface area contributed by atoms with E-state index in [2.05, 4.69) is 5.32 Å². The van der Waals surface area contributed by atoms with Crippen molar-refractivity contribution >= 4 is 11.8 Å². The van der Waals surface area contributed by atoms with E-state index in [4.69, 9.17) is 9.15 Å². The maximum Gasteiger partial charge on any atom is 0.287 e. The van der Waals surface area contributed by atoms with Crippen molar-refractivity contribution in [2.45, 2.75) is 39.5 Å². The number of amides is 2. The fraction of sp³-hybridized carbons (Fsp3) is 0.250. The van der Waals surface area contributed by atoms with E-state index in [9.17, 15) is 18.4 Å². The molecule has 0 bridgehead atoms. The summed E-state index contributed by atoms with van der Waals surface area (Å²) >= 11 is 0. The van der Waals surface area contributed by atoms with Gasteiger partial charge in [0.2, 0.25) is 5.91 Å². The van der Waals surface area contributed by atoms with Gasteiger partial charge in [-0.15, -0.1) is 0 Å². The van der Waals surface area contributed by atoms with Crippen LogP contribution in [0.1, 0.15) is 58.5 Å². The summed E-state index contributed by atoms with van der Waals surface area (Å²) in [5.74, 6) is -0.206. The van der Waals surface area contributed by atoms with Crippen LogP contribution in [0, 0.1) is 17.6 Å². The predicted octanol–water partition coefficient (Wildman–Crippen LogP) is 6.20. The smallest absolute Gasteiger partial charge is 0.287 e. The van der Waals surface area contributed by atoms with Gasteiger partial charge in [-0.2, -0.15) is 0 Å². The fourth-order valence-electron chi connectivity index (χ4n) is 4.94. The van der Waals surface area contributed by atoms with Gasteiger partial charge in [0.1, 0.15) is 29.8 Å². The predicted molar refractivity (Wildman–Crippen MR) is 146 cm³/mol. The number of furan rings is 1. The lowest BCUT2D eigenvalue weighted by atomic mass is 9.87. The number of rotatable bonds is 8. The molecule has 6 nitrogen and oxygen atoms in total. The van der Waals surface area contributed by atoms with Gasteiger partial charge in [0.15, 0.2) is 5.76 Å². The molecule has 40 heavy (non-hydrogen) atoms. The van der Waals surface area contributed by atoms with Crippen LogP contribution in [0.2, 0.25) is 0 Å². The standard InChI is InChI=1S/C32H30F2N2O4/c1-20(2)32(38)36-14-13-22-9-10-26(17-28(22)30(36)23-6-4-8-25(34)16-23)39-19-27-11-12-29(40-27)31(37)35-18-21-5-3-7-24(33)15-21/h3-12,15-17,20,30H,13-14,18-19H2,1-2H3,(H,35,37). The van der Waals surface area contributed by atoms with Crippen LogP contribution in [0.5, 0.6) is 5.75 Å². The van der Waals surface area contributed by atoms with E-state index in [1.165, 1.54) is 24.3 Å². The molecule has 0 fully saturated rings. The minimum atomic E-state index is -0.435. The number of fused-ring (bicyclic) bond motifs is 1. The summed E-state index contributed by atoms with van der Waals surface area (Å²) in [5.41, 5.74) is 3.30. The lowest BCUT2D eigenvalue weighted by Crippen LogP contribution is -2.42. The molecule has 1 aliphatic rings. The van der Waals surface area contributed by atoms with Crippen molar-refractivity contribution in [3.05, 3.63) is 124 Å². The minimum absolute atomic E-state index is 0.00465. The number of benzene rings is 3. The van der Waals surface area contributed by atoms with Gasteiger partial charge in [0.05, 0.1) is 6.04 Å². The number of carbonyl (C=O) groups is 2. The molecular weight excluding hydrogens is 514 g/mol. The zero-order chi connectivity index (χ0) is 28.2. The van der Waals surface area contributed by atoms with Crippen molar-refractivity contribution in [1.82, 2.24) is 10.2 Å². The zero-order valence-electron chi connectivity index (χ0n) is 22.3. The average molecular weight is 545 g/mol. The Morgan fingerprint density at radius 3 is 2.52 bits per heavy atom. The topological polar surface area (TPSA) is 71.8 Å². The molecule has 8 heteroatoms. The molecule has 0 aliphatic carbocycles. The second-order valence-electron chi connectivity index (χ2n) is 10.1. The Labute approximate surface area is 231 Å². The van der Waals surface area contributed by atoms with Crippen molar-refractivity contribution < 1.29 is 27.5 Å². The molecule has 0 saturated heterocycles. The highest BCUT2D eigenvalue weighted by molar-refractivity contribution is 5.91. The van der Waals surface area contributed by atoms with E-state index < -0.39 is 11.9 Å². The van der Waals surface area contributed by atoms with E-state index in [-0.39, 0.29) is 42.4 Å². The van der Waals surface area contributed by atoms with Gasteiger partial charge in [0.25, 0.3) is 5.91 Å². The summed E-state index contributed by atoms with van der Waals surface area (Å²) in [6, 6.07) is 20.9. The highest BCUT2D eigenvalue weighted by atomic mass is 19.1. The number of halogens is 2. The van der Waals surface area contributed by atoms with Crippen LogP contribution >= 0.6 is 0 Å². The maximum absolute atomic E-state index is 14.2. The number of nitrogens with one attached hydrogen (secondary N) is 1. The van der Waals surface area contributed by atoms with E-state index >= 15 is 0 Å². The highest BCUT2D eigenvalue weighted by Gasteiger charge is 2.33. The van der Waals surface area contributed by atoms with Gasteiger partial charge in [0, 0.05) is 19.0 Å². The average Bonchev–Trinajstić information content (AvgIpc) is 3.43. The molecule has 5 rings (SSSR count). The first-order chi connectivity index (χ1) is 19.3. The molecule has 1 N–H and O–H groups in total. The van der Waals surface area contributed by atoms with Crippen molar-refractivity contribution in [3.63, 3.8) is 0 Å². The largest absolute Gasteiger partial charge is 0.486 e. The van der Waals surface area contributed by atoms with Gasteiger partial charge >= 0.3 is 0 Å². The first kappa shape index (κ1) is 27.1. The van der Waals surface area contributed by atoms with Gasteiger partial charge < -0.3 is 19.4 Å². The molecule has 2 amide bonds. The molecule has 1 atom stereocenters. The summed E-state index contributed by atoms with van der Waals surface area (Å²) in [5, 5.41) is 2.71. The molecule has 2 heterocycles. The van der Waals surface area contributed by atoms with Crippen LogP contribution in [-0.2, 0) is 24.4 Å². The molecule has 4 aromatic rings. The number of hydrogen-bond acceptors (Lipinski definition) is 4. The molecule has 3 aromatic carbocycles. The Hall–Kier alpha value is -4.46. The fourth-order valence-corrected chi connectivity index (χ4v) is 4.94. The third-order valence-corrected chi connectivity index (χ3v) is 6.90. The number of carbonyl (C=O) groups excluding carboxylic acids is 2. The Kier molecular flexibility index (Phi) is 7.96. The summed E-state index contributed by atoms with van der Waals surface area (Å²) in [6.07, 6.45) is 0.687. The molecule has 0 spiro atoms. The molecule has 1 unspecified atom stereocenters. The van der Waals surface area contributed by atoms with Crippen LogP contribution < -0.4 is 10.1 Å². The van der Waals surface area contributed by atoms with Crippen molar-refractivity contribution in [3.8, 4) is 5.75 Å².